The highest BCUT2D eigenvalue weighted by Crippen LogP contribution is 2.42. The van der Waals surface area contributed by atoms with E-state index < -0.39 is 0 Å². The summed E-state index contributed by atoms with van der Waals surface area (Å²) in [6.07, 6.45) is 7.72. The molecule has 4 unspecified atom stereocenters. The molecule has 98 valence electrons. The molecule has 2 aliphatic rings. The Hall–Kier alpha value is -0.340. The van der Waals surface area contributed by atoms with Crippen molar-refractivity contribution in [1.29, 1.82) is 0 Å². The first-order chi connectivity index (χ1) is 8.08. The van der Waals surface area contributed by atoms with Gasteiger partial charge in [0.2, 0.25) is 0 Å². The highest BCUT2D eigenvalue weighted by molar-refractivity contribution is 5.10. The Bertz CT molecular complexity index is 262. The number of fused-ring (bicyclic) bond motifs is 2. The first kappa shape index (κ1) is 13.1. The molecule has 0 aromatic carbocycles. The summed E-state index contributed by atoms with van der Waals surface area (Å²) in [5.74, 6) is 3.41. The summed E-state index contributed by atoms with van der Waals surface area (Å²) in [6.45, 7) is 6.96. The average Bonchev–Trinajstić information content (AvgIpc) is 2.84. The average molecular weight is 236 g/mol. The summed E-state index contributed by atoms with van der Waals surface area (Å²) < 4.78 is 0. The molecule has 2 heteroatoms. The quantitative estimate of drug-likeness (QED) is 0.712. The van der Waals surface area contributed by atoms with E-state index >= 15 is 0 Å². The van der Waals surface area contributed by atoms with Crippen LogP contribution in [0.5, 0.6) is 0 Å². The van der Waals surface area contributed by atoms with Crippen LogP contribution in [-0.4, -0.2) is 38.1 Å². The highest BCUT2D eigenvalue weighted by atomic mass is 15.1. The topological polar surface area (TPSA) is 15.3 Å². The number of allylic oxidation sites excluding steroid dienone is 2. The van der Waals surface area contributed by atoms with Gasteiger partial charge in [-0.1, -0.05) is 26.0 Å². The minimum absolute atomic E-state index is 0.657. The first-order valence-corrected chi connectivity index (χ1v) is 7.13. The van der Waals surface area contributed by atoms with Crippen molar-refractivity contribution in [3.63, 3.8) is 0 Å². The maximum Gasteiger partial charge on any atom is 0.0237 e. The van der Waals surface area contributed by atoms with Gasteiger partial charge in [-0.15, -0.1) is 0 Å². The van der Waals surface area contributed by atoms with Crippen LogP contribution in [0.3, 0.4) is 0 Å². The van der Waals surface area contributed by atoms with Crippen molar-refractivity contribution in [3.05, 3.63) is 12.2 Å². The Balaban J connectivity index is 1.70. The molecular weight excluding hydrogens is 208 g/mol. The molecule has 17 heavy (non-hydrogen) atoms. The van der Waals surface area contributed by atoms with Crippen LogP contribution in [0.1, 0.15) is 26.7 Å². The van der Waals surface area contributed by atoms with E-state index in [0.717, 1.165) is 30.2 Å². The second-order valence-electron chi connectivity index (χ2n) is 6.47. The van der Waals surface area contributed by atoms with Crippen molar-refractivity contribution in [3.8, 4) is 0 Å². The van der Waals surface area contributed by atoms with E-state index in [1.165, 1.54) is 19.4 Å². The fourth-order valence-electron chi connectivity index (χ4n) is 3.56. The molecule has 2 rings (SSSR count). The smallest absolute Gasteiger partial charge is 0.0237 e. The Labute approximate surface area is 106 Å². The number of hydrogen-bond donors (Lipinski definition) is 1. The molecule has 0 radical (unpaired) electrons. The predicted molar refractivity (Wildman–Crippen MR) is 74.0 cm³/mol. The number of likely N-dealkylation sites (N-methyl/N-ethyl adjacent to an activating group) is 1. The van der Waals surface area contributed by atoms with Gasteiger partial charge in [0.25, 0.3) is 0 Å². The Kier molecular flexibility index (Phi) is 4.26. The molecule has 1 saturated carbocycles. The van der Waals surface area contributed by atoms with Gasteiger partial charge in [0, 0.05) is 12.6 Å². The third kappa shape index (κ3) is 3.11. The van der Waals surface area contributed by atoms with Crippen molar-refractivity contribution in [2.75, 3.05) is 27.2 Å². The minimum atomic E-state index is 0.657. The molecule has 0 heterocycles. The van der Waals surface area contributed by atoms with Crippen LogP contribution in [0.2, 0.25) is 0 Å². The normalized spacial score (nSPS) is 32.9. The van der Waals surface area contributed by atoms with Gasteiger partial charge < -0.3 is 10.2 Å². The van der Waals surface area contributed by atoms with Gasteiger partial charge in [-0.05, 0) is 57.2 Å². The van der Waals surface area contributed by atoms with E-state index in [0.29, 0.717) is 6.04 Å². The van der Waals surface area contributed by atoms with Crippen LogP contribution in [-0.2, 0) is 0 Å². The van der Waals surface area contributed by atoms with Crippen LogP contribution >= 0.6 is 0 Å². The van der Waals surface area contributed by atoms with E-state index in [1.807, 2.05) is 0 Å². The minimum Gasteiger partial charge on any atom is -0.315 e. The zero-order valence-electron chi connectivity index (χ0n) is 11.8. The molecule has 2 aliphatic carbocycles. The first-order valence-electron chi connectivity index (χ1n) is 7.13. The van der Waals surface area contributed by atoms with Crippen LogP contribution in [0.15, 0.2) is 12.2 Å². The summed E-state index contributed by atoms with van der Waals surface area (Å²) in [4.78, 5) is 2.35. The standard InChI is InChI=1S/C15H28N2/c1-11(2)15(17(3)4)10-16-9-14-8-12-5-6-13(14)7-12/h5-6,11-16H,7-10H2,1-4H3. The molecule has 0 aliphatic heterocycles. The van der Waals surface area contributed by atoms with Crippen LogP contribution in [0.4, 0.5) is 0 Å². The summed E-state index contributed by atoms with van der Waals surface area (Å²) in [5, 5.41) is 3.70. The number of rotatable bonds is 6. The zero-order valence-corrected chi connectivity index (χ0v) is 11.8. The predicted octanol–water partition coefficient (Wildman–Crippen LogP) is 2.37. The SMILES string of the molecule is CC(C)C(CNCC1CC2C=CC1C2)N(C)C. The monoisotopic (exact) mass is 236 g/mol. The molecule has 0 amide bonds. The Morgan fingerprint density at radius 1 is 1.24 bits per heavy atom. The maximum absolute atomic E-state index is 3.70. The fraction of sp³-hybridized carbons (Fsp3) is 0.867. The van der Waals surface area contributed by atoms with E-state index in [9.17, 15) is 0 Å². The van der Waals surface area contributed by atoms with E-state index in [4.69, 9.17) is 0 Å². The van der Waals surface area contributed by atoms with Crippen LogP contribution in [0.25, 0.3) is 0 Å². The maximum atomic E-state index is 3.70. The van der Waals surface area contributed by atoms with E-state index in [-0.39, 0.29) is 0 Å². The molecule has 1 N–H and O–H groups in total. The third-order valence-electron chi connectivity index (χ3n) is 4.61. The molecule has 0 spiro atoms. The number of nitrogens with one attached hydrogen (secondary N) is 1. The molecule has 0 saturated heterocycles. The largest absolute Gasteiger partial charge is 0.315 e. The second kappa shape index (κ2) is 5.53. The van der Waals surface area contributed by atoms with E-state index in [1.54, 1.807) is 0 Å². The highest BCUT2D eigenvalue weighted by Gasteiger charge is 2.35. The lowest BCUT2D eigenvalue weighted by Crippen LogP contribution is -2.43. The molecule has 2 nitrogen and oxygen atoms in total. The lowest BCUT2D eigenvalue weighted by molar-refractivity contribution is 0.220. The van der Waals surface area contributed by atoms with Gasteiger partial charge in [0.1, 0.15) is 0 Å². The van der Waals surface area contributed by atoms with Gasteiger partial charge >= 0.3 is 0 Å². The molecule has 2 bridgehead atoms. The van der Waals surface area contributed by atoms with Gasteiger partial charge in [0.05, 0.1) is 0 Å². The summed E-state index contributed by atoms with van der Waals surface area (Å²) in [6, 6.07) is 0.657. The third-order valence-corrected chi connectivity index (χ3v) is 4.61. The van der Waals surface area contributed by atoms with Gasteiger partial charge in [-0.3, -0.25) is 0 Å². The van der Waals surface area contributed by atoms with Gasteiger partial charge in [-0.25, -0.2) is 0 Å². The van der Waals surface area contributed by atoms with Crippen LogP contribution < -0.4 is 5.32 Å². The van der Waals surface area contributed by atoms with Crippen molar-refractivity contribution >= 4 is 0 Å². The van der Waals surface area contributed by atoms with Crippen LogP contribution in [0, 0.1) is 23.7 Å². The number of hydrogen-bond acceptors (Lipinski definition) is 2. The fourth-order valence-corrected chi connectivity index (χ4v) is 3.56. The van der Waals surface area contributed by atoms with Crippen molar-refractivity contribution in [2.24, 2.45) is 23.7 Å². The van der Waals surface area contributed by atoms with Gasteiger partial charge in [0.15, 0.2) is 0 Å². The molecule has 1 fully saturated rings. The summed E-state index contributed by atoms with van der Waals surface area (Å²) in [7, 11) is 4.37. The lowest BCUT2D eigenvalue weighted by Gasteiger charge is -2.29. The zero-order chi connectivity index (χ0) is 12.4. The summed E-state index contributed by atoms with van der Waals surface area (Å²) in [5.41, 5.74) is 0. The Morgan fingerprint density at radius 2 is 2.00 bits per heavy atom. The Morgan fingerprint density at radius 3 is 2.47 bits per heavy atom. The molecule has 0 aromatic rings. The molecule has 4 atom stereocenters. The van der Waals surface area contributed by atoms with E-state index in [2.05, 4.69) is 50.3 Å². The number of nitrogens with zero attached hydrogens (tertiary/aromatic N) is 1. The van der Waals surface area contributed by atoms with Crippen molar-refractivity contribution in [2.45, 2.75) is 32.7 Å². The van der Waals surface area contributed by atoms with Crippen molar-refractivity contribution in [1.82, 2.24) is 10.2 Å². The molecule has 0 aromatic heterocycles. The second-order valence-corrected chi connectivity index (χ2v) is 6.47. The lowest BCUT2D eigenvalue weighted by atomic mass is 9.93. The van der Waals surface area contributed by atoms with Crippen molar-refractivity contribution < 1.29 is 0 Å². The molecular formula is C15H28N2. The summed E-state index contributed by atoms with van der Waals surface area (Å²) >= 11 is 0. The van der Waals surface area contributed by atoms with Gasteiger partial charge in [-0.2, -0.15) is 0 Å².